The summed E-state index contributed by atoms with van der Waals surface area (Å²) in [7, 11) is 0. The van der Waals surface area contributed by atoms with Crippen LogP contribution < -0.4 is 0 Å². The van der Waals surface area contributed by atoms with Gasteiger partial charge in [0.25, 0.3) is 0 Å². The molecule has 1 aromatic heterocycles. The Morgan fingerprint density at radius 2 is 2.12 bits per heavy atom. The van der Waals surface area contributed by atoms with Gasteiger partial charge in [-0.05, 0) is 81.2 Å². The number of benzene rings is 1. The Kier molecular flexibility index (Phi) is 4.01. The van der Waals surface area contributed by atoms with Gasteiger partial charge >= 0.3 is 0 Å². The Morgan fingerprint density at radius 1 is 1.23 bits per heavy atom. The van der Waals surface area contributed by atoms with Crippen LogP contribution in [0.5, 0.6) is 0 Å². The van der Waals surface area contributed by atoms with Crippen LogP contribution in [0.25, 0.3) is 0 Å². The molecule has 5 rings (SSSR count). The number of aryl methyl sites for hydroxylation is 2. The molecule has 1 aliphatic heterocycles. The second-order valence-electron chi connectivity index (χ2n) is 9.03. The topological polar surface area (TPSA) is 16.4 Å². The van der Waals surface area contributed by atoms with Gasteiger partial charge in [0.2, 0.25) is 0 Å². The third kappa shape index (κ3) is 2.65. The van der Waals surface area contributed by atoms with Crippen molar-refractivity contribution in [1.29, 1.82) is 0 Å². The van der Waals surface area contributed by atoms with E-state index in [1.54, 1.807) is 17.4 Å². The largest absolute Gasteiger partial charge is 0.469 e. The third-order valence-electron chi connectivity index (χ3n) is 7.56. The van der Waals surface area contributed by atoms with Gasteiger partial charge in [-0.2, -0.15) is 0 Å². The molecule has 0 amide bonds. The number of furan rings is 1. The molecule has 2 heteroatoms. The first-order chi connectivity index (χ1) is 12.7. The highest BCUT2D eigenvalue weighted by atomic mass is 16.3. The van der Waals surface area contributed by atoms with E-state index in [0.29, 0.717) is 5.41 Å². The first kappa shape index (κ1) is 16.6. The Bertz CT molecular complexity index is 776. The molecule has 138 valence electrons. The molecular formula is C24H31NO. The lowest BCUT2D eigenvalue weighted by Crippen LogP contribution is -2.59. The maximum absolute atomic E-state index is 5.59. The van der Waals surface area contributed by atoms with E-state index in [1.165, 1.54) is 50.6 Å². The molecule has 1 saturated carbocycles. The maximum atomic E-state index is 5.59. The summed E-state index contributed by atoms with van der Waals surface area (Å²) < 4.78 is 5.59. The molecule has 1 unspecified atom stereocenters. The molecule has 2 fully saturated rings. The molecule has 2 aliphatic carbocycles. The van der Waals surface area contributed by atoms with Crippen molar-refractivity contribution in [2.24, 2.45) is 5.92 Å². The fourth-order valence-electron chi connectivity index (χ4n) is 5.99. The summed E-state index contributed by atoms with van der Waals surface area (Å²) in [6.45, 7) is 6.11. The van der Waals surface area contributed by atoms with Crippen LogP contribution in [-0.2, 0) is 18.3 Å². The Hall–Kier alpha value is -1.54. The second-order valence-corrected chi connectivity index (χ2v) is 9.03. The summed E-state index contributed by atoms with van der Waals surface area (Å²) >= 11 is 0. The molecule has 2 aromatic rings. The Balaban J connectivity index is 1.47. The highest BCUT2D eigenvalue weighted by Gasteiger charge is 2.52. The van der Waals surface area contributed by atoms with Gasteiger partial charge in [0.15, 0.2) is 0 Å². The minimum absolute atomic E-state index is 0.363. The predicted molar refractivity (Wildman–Crippen MR) is 106 cm³/mol. The van der Waals surface area contributed by atoms with Crippen molar-refractivity contribution in [2.75, 3.05) is 6.54 Å². The highest BCUT2D eigenvalue weighted by Crippen LogP contribution is 2.53. The number of piperidine rings is 1. The lowest BCUT2D eigenvalue weighted by Gasteiger charge is -2.56. The first-order valence-electron chi connectivity index (χ1n) is 10.6. The zero-order chi connectivity index (χ0) is 17.7. The third-order valence-corrected chi connectivity index (χ3v) is 7.56. The number of fused-ring (bicyclic) bond motifs is 4. The fraction of sp³-hybridized carbons (Fsp3) is 0.583. The van der Waals surface area contributed by atoms with E-state index in [2.05, 4.69) is 43.0 Å². The van der Waals surface area contributed by atoms with Gasteiger partial charge in [-0.3, -0.25) is 4.90 Å². The minimum atomic E-state index is 0.363. The molecule has 0 spiro atoms. The van der Waals surface area contributed by atoms with Gasteiger partial charge in [-0.15, -0.1) is 0 Å². The van der Waals surface area contributed by atoms with Crippen LogP contribution >= 0.6 is 0 Å². The monoisotopic (exact) mass is 349 g/mol. The summed E-state index contributed by atoms with van der Waals surface area (Å²) in [6, 6.07) is 13.0. The number of hydrogen-bond donors (Lipinski definition) is 0. The van der Waals surface area contributed by atoms with Crippen LogP contribution in [0.3, 0.4) is 0 Å². The molecule has 1 aromatic carbocycles. The van der Waals surface area contributed by atoms with Crippen molar-refractivity contribution in [3.8, 4) is 0 Å². The number of likely N-dealkylation sites (tertiary alicyclic amines) is 1. The van der Waals surface area contributed by atoms with Crippen molar-refractivity contribution >= 4 is 0 Å². The molecule has 0 radical (unpaired) electrons. The van der Waals surface area contributed by atoms with Gasteiger partial charge in [0, 0.05) is 23.9 Å². The van der Waals surface area contributed by atoms with E-state index in [4.69, 9.17) is 4.42 Å². The molecule has 2 bridgehead atoms. The summed E-state index contributed by atoms with van der Waals surface area (Å²) in [5, 5.41) is 0. The minimum Gasteiger partial charge on any atom is -0.469 e. The van der Waals surface area contributed by atoms with Crippen LogP contribution in [-0.4, -0.2) is 23.5 Å². The quantitative estimate of drug-likeness (QED) is 0.730. The fourth-order valence-corrected chi connectivity index (χ4v) is 5.99. The van der Waals surface area contributed by atoms with Crippen LogP contribution in [0.2, 0.25) is 0 Å². The van der Waals surface area contributed by atoms with E-state index in [-0.39, 0.29) is 0 Å². The average molecular weight is 350 g/mol. The first-order valence-corrected chi connectivity index (χ1v) is 10.6. The Labute approximate surface area is 157 Å². The second kappa shape index (κ2) is 6.27. The molecule has 2 nitrogen and oxygen atoms in total. The lowest BCUT2D eigenvalue weighted by molar-refractivity contribution is 0.0122. The smallest absolute Gasteiger partial charge is 0.103 e. The van der Waals surface area contributed by atoms with Crippen LogP contribution in [0, 0.1) is 12.8 Å². The van der Waals surface area contributed by atoms with Crippen molar-refractivity contribution in [1.82, 2.24) is 4.90 Å². The van der Waals surface area contributed by atoms with E-state index in [1.807, 2.05) is 6.07 Å². The molecule has 3 aliphatic rings. The molecule has 2 heterocycles. The summed E-state index contributed by atoms with van der Waals surface area (Å²) in [6.07, 6.45) is 10.8. The normalized spacial score (nSPS) is 31.0. The van der Waals surface area contributed by atoms with Gasteiger partial charge in [0.05, 0.1) is 6.26 Å². The molecule has 1 saturated heterocycles. The van der Waals surface area contributed by atoms with Crippen molar-refractivity contribution in [2.45, 2.75) is 76.3 Å². The van der Waals surface area contributed by atoms with Crippen LogP contribution in [0.1, 0.15) is 61.5 Å². The van der Waals surface area contributed by atoms with Crippen LogP contribution in [0.4, 0.5) is 0 Å². The van der Waals surface area contributed by atoms with Gasteiger partial charge in [-0.25, -0.2) is 0 Å². The van der Waals surface area contributed by atoms with Gasteiger partial charge in [-0.1, -0.05) is 30.7 Å². The van der Waals surface area contributed by atoms with Crippen molar-refractivity contribution in [3.63, 3.8) is 0 Å². The van der Waals surface area contributed by atoms with E-state index in [9.17, 15) is 0 Å². The molecule has 26 heavy (non-hydrogen) atoms. The van der Waals surface area contributed by atoms with Gasteiger partial charge < -0.3 is 4.42 Å². The summed E-state index contributed by atoms with van der Waals surface area (Å²) in [5.41, 5.74) is 5.09. The lowest BCUT2D eigenvalue weighted by atomic mass is 9.56. The number of nitrogens with zero attached hydrogens (tertiary/aromatic N) is 1. The number of rotatable bonds is 5. The molecular weight excluding hydrogens is 318 g/mol. The SMILES string of the molecule is Cc1ccc2c(c1)[C@@]1(CCCc3ccco3)CCN(C3CC3)C(C2)[C@@H]1C. The number of hydrogen-bond acceptors (Lipinski definition) is 2. The van der Waals surface area contributed by atoms with Crippen molar-refractivity contribution < 1.29 is 4.42 Å². The van der Waals surface area contributed by atoms with Crippen LogP contribution in [0.15, 0.2) is 41.0 Å². The zero-order valence-corrected chi connectivity index (χ0v) is 16.2. The zero-order valence-electron chi connectivity index (χ0n) is 16.2. The van der Waals surface area contributed by atoms with Gasteiger partial charge in [0.1, 0.15) is 5.76 Å². The van der Waals surface area contributed by atoms with E-state index < -0.39 is 0 Å². The highest BCUT2D eigenvalue weighted by molar-refractivity contribution is 5.43. The van der Waals surface area contributed by atoms with Crippen molar-refractivity contribution in [3.05, 3.63) is 59.0 Å². The van der Waals surface area contributed by atoms with E-state index in [0.717, 1.165) is 30.2 Å². The molecule has 3 atom stereocenters. The maximum Gasteiger partial charge on any atom is 0.103 e. The summed E-state index contributed by atoms with van der Waals surface area (Å²) in [5.74, 6) is 1.89. The predicted octanol–water partition coefficient (Wildman–Crippen LogP) is 5.28. The standard InChI is InChI=1S/C24H31NO/c1-17-7-8-19-16-23-18(2)24(22(19)15-17,12-13-25(23)20-9-10-20)11-3-5-21-6-4-14-26-21/h4,6-8,14-15,18,20,23H,3,5,9-13,16H2,1-2H3/t18-,23?,24-/m0/s1. The summed E-state index contributed by atoms with van der Waals surface area (Å²) in [4.78, 5) is 2.87. The molecule has 0 N–H and O–H groups in total. The Morgan fingerprint density at radius 3 is 2.88 bits per heavy atom. The average Bonchev–Trinajstić information content (AvgIpc) is 3.33. The van der Waals surface area contributed by atoms with E-state index >= 15 is 0 Å².